The smallest absolute Gasteiger partial charge is 0.306 e. The molecule has 1 aromatic rings. The van der Waals surface area contributed by atoms with Gasteiger partial charge in [-0.2, -0.15) is 8.78 Å². The fraction of sp³-hybridized carbons (Fsp3) is 0.560. The highest BCUT2D eigenvalue weighted by molar-refractivity contribution is 5.69. The third-order valence-electron chi connectivity index (χ3n) is 5.35. The Morgan fingerprint density at radius 2 is 1.91 bits per heavy atom. The summed E-state index contributed by atoms with van der Waals surface area (Å²) < 4.78 is 38.7. The molecule has 0 spiro atoms. The second kappa shape index (κ2) is 12.7. The Morgan fingerprint density at radius 1 is 1.19 bits per heavy atom. The fourth-order valence-corrected chi connectivity index (χ4v) is 3.76. The number of unbranched alkanes of at least 4 members (excludes halogenated alkanes) is 1. The summed E-state index contributed by atoms with van der Waals surface area (Å²) in [5.41, 5.74) is 0. The first-order valence-corrected chi connectivity index (χ1v) is 11.1. The van der Waals surface area contributed by atoms with Gasteiger partial charge in [-0.05, 0) is 57.2 Å². The number of allylic oxidation sites excluding steroid dienone is 2. The third kappa shape index (κ3) is 9.09. The summed E-state index contributed by atoms with van der Waals surface area (Å²) in [5.74, 6) is -4.00. The van der Waals surface area contributed by atoms with Crippen LogP contribution in [0.25, 0.3) is 0 Å². The van der Waals surface area contributed by atoms with Gasteiger partial charge in [0.1, 0.15) is 5.75 Å². The Labute approximate surface area is 188 Å². The van der Waals surface area contributed by atoms with Crippen LogP contribution in [0.4, 0.5) is 8.78 Å². The topological polar surface area (TPSA) is 76.0 Å². The summed E-state index contributed by atoms with van der Waals surface area (Å²) in [6.45, 7) is 2.80. The molecule has 1 aliphatic rings. The number of alkyl halides is 2. The molecule has 32 heavy (non-hydrogen) atoms. The van der Waals surface area contributed by atoms with Crippen LogP contribution in [0.15, 0.2) is 54.6 Å². The predicted molar refractivity (Wildman–Crippen MR) is 118 cm³/mol. The van der Waals surface area contributed by atoms with Crippen LogP contribution in [0.2, 0.25) is 0 Å². The molecule has 1 saturated carbocycles. The van der Waals surface area contributed by atoms with E-state index < -0.39 is 30.7 Å². The molecule has 0 aliphatic heterocycles. The Hall–Kier alpha value is -2.25. The van der Waals surface area contributed by atoms with E-state index >= 15 is 0 Å². The zero-order valence-corrected chi connectivity index (χ0v) is 18.7. The average molecular weight is 453 g/mol. The van der Waals surface area contributed by atoms with Gasteiger partial charge in [-0.3, -0.25) is 4.79 Å². The molecule has 178 valence electrons. The minimum Gasteiger partial charge on any atom is -0.487 e. The maximum atomic E-state index is 14.2. The van der Waals surface area contributed by atoms with Crippen LogP contribution in [-0.4, -0.2) is 47.0 Å². The van der Waals surface area contributed by atoms with Crippen LogP contribution in [0.1, 0.15) is 46.0 Å². The van der Waals surface area contributed by atoms with Crippen LogP contribution >= 0.6 is 0 Å². The van der Waals surface area contributed by atoms with Gasteiger partial charge in [0.15, 0.2) is 6.61 Å². The maximum absolute atomic E-state index is 14.2. The molecular formula is C25H34F2O5. The van der Waals surface area contributed by atoms with Crippen molar-refractivity contribution in [3.8, 4) is 5.75 Å². The number of halogens is 2. The minimum absolute atomic E-state index is 0.129. The van der Waals surface area contributed by atoms with E-state index in [1.165, 1.54) is 6.08 Å². The van der Waals surface area contributed by atoms with E-state index in [4.69, 9.17) is 9.47 Å². The summed E-state index contributed by atoms with van der Waals surface area (Å²) in [5, 5.41) is 20.5. The van der Waals surface area contributed by atoms with E-state index in [0.717, 1.165) is 6.08 Å². The fourth-order valence-electron chi connectivity index (χ4n) is 3.76. The van der Waals surface area contributed by atoms with E-state index in [9.17, 15) is 23.8 Å². The number of aliphatic hydroxyl groups is 2. The molecule has 4 atom stereocenters. The van der Waals surface area contributed by atoms with E-state index in [0.29, 0.717) is 31.4 Å². The molecule has 0 bridgehead atoms. The van der Waals surface area contributed by atoms with Crippen molar-refractivity contribution in [3.63, 3.8) is 0 Å². The first-order chi connectivity index (χ1) is 15.2. The Balaban J connectivity index is 1.83. The number of carbonyl (C=O) groups excluding carboxylic acids is 1. The molecular weight excluding hydrogens is 418 g/mol. The number of hydrogen-bond acceptors (Lipinski definition) is 5. The molecule has 0 saturated heterocycles. The largest absolute Gasteiger partial charge is 0.487 e. The van der Waals surface area contributed by atoms with Gasteiger partial charge in [0.05, 0.1) is 18.3 Å². The first-order valence-electron chi connectivity index (χ1n) is 11.1. The van der Waals surface area contributed by atoms with Crippen molar-refractivity contribution in [2.45, 2.75) is 70.2 Å². The molecule has 2 rings (SSSR count). The van der Waals surface area contributed by atoms with Crippen molar-refractivity contribution in [1.82, 2.24) is 0 Å². The lowest BCUT2D eigenvalue weighted by Gasteiger charge is -2.20. The molecule has 1 aliphatic carbocycles. The monoisotopic (exact) mass is 452 g/mol. The Kier molecular flexibility index (Phi) is 10.3. The van der Waals surface area contributed by atoms with Crippen LogP contribution in [0, 0.1) is 11.8 Å². The Morgan fingerprint density at radius 3 is 2.59 bits per heavy atom. The molecule has 5 nitrogen and oxygen atoms in total. The van der Waals surface area contributed by atoms with E-state index in [1.807, 2.05) is 12.2 Å². The van der Waals surface area contributed by atoms with Gasteiger partial charge in [-0.15, -0.1) is 0 Å². The van der Waals surface area contributed by atoms with Crippen LogP contribution in [0.5, 0.6) is 5.75 Å². The second-order valence-electron chi connectivity index (χ2n) is 8.47. The van der Waals surface area contributed by atoms with Gasteiger partial charge >= 0.3 is 5.97 Å². The van der Waals surface area contributed by atoms with E-state index in [-0.39, 0.29) is 24.4 Å². The van der Waals surface area contributed by atoms with Gasteiger partial charge in [-0.1, -0.05) is 36.4 Å². The van der Waals surface area contributed by atoms with E-state index in [2.05, 4.69) is 0 Å². The highest BCUT2D eigenvalue weighted by Gasteiger charge is 2.40. The lowest BCUT2D eigenvalue weighted by molar-refractivity contribution is -0.147. The highest BCUT2D eigenvalue weighted by atomic mass is 19.3. The van der Waals surface area contributed by atoms with Crippen molar-refractivity contribution >= 4 is 5.97 Å². The molecule has 7 heteroatoms. The molecule has 0 unspecified atom stereocenters. The summed E-state index contributed by atoms with van der Waals surface area (Å²) in [6, 6.07) is 8.39. The van der Waals surface area contributed by atoms with Crippen molar-refractivity contribution in [2.24, 2.45) is 11.8 Å². The van der Waals surface area contributed by atoms with Gasteiger partial charge in [0.25, 0.3) is 5.92 Å². The van der Waals surface area contributed by atoms with E-state index in [1.54, 1.807) is 44.2 Å². The van der Waals surface area contributed by atoms with Crippen molar-refractivity contribution in [2.75, 3.05) is 6.61 Å². The molecule has 0 amide bonds. The minimum atomic E-state index is -3.20. The van der Waals surface area contributed by atoms with Crippen molar-refractivity contribution in [1.29, 1.82) is 0 Å². The number of esters is 1. The average Bonchev–Trinajstić information content (AvgIpc) is 3.00. The molecule has 1 fully saturated rings. The number of carbonyl (C=O) groups is 1. The quantitative estimate of drug-likeness (QED) is 0.274. The molecule has 0 heterocycles. The van der Waals surface area contributed by atoms with Crippen LogP contribution in [0.3, 0.4) is 0 Å². The number of ether oxygens (including phenoxy) is 2. The number of rotatable bonds is 12. The van der Waals surface area contributed by atoms with Gasteiger partial charge in [0.2, 0.25) is 0 Å². The highest BCUT2D eigenvalue weighted by Crippen LogP contribution is 2.37. The van der Waals surface area contributed by atoms with Crippen molar-refractivity contribution < 1.29 is 33.3 Å². The zero-order valence-electron chi connectivity index (χ0n) is 18.7. The third-order valence-corrected chi connectivity index (χ3v) is 5.35. The normalized spacial score (nSPS) is 24.0. The van der Waals surface area contributed by atoms with Crippen molar-refractivity contribution in [3.05, 3.63) is 54.6 Å². The molecule has 0 aromatic heterocycles. The summed E-state index contributed by atoms with van der Waals surface area (Å²) in [6.07, 6.45) is 6.33. The number of para-hydroxylation sites is 1. The number of aliphatic hydroxyl groups excluding tert-OH is 2. The second-order valence-corrected chi connectivity index (χ2v) is 8.47. The number of hydrogen-bond donors (Lipinski definition) is 2. The lowest BCUT2D eigenvalue weighted by Crippen LogP contribution is -2.25. The van der Waals surface area contributed by atoms with Gasteiger partial charge < -0.3 is 19.7 Å². The van der Waals surface area contributed by atoms with Crippen LogP contribution < -0.4 is 4.74 Å². The maximum Gasteiger partial charge on any atom is 0.306 e. The lowest BCUT2D eigenvalue weighted by atomic mass is 9.89. The zero-order chi connectivity index (χ0) is 23.6. The summed E-state index contributed by atoms with van der Waals surface area (Å²) in [4.78, 5) is 11.5. The molecule has 2 N–H and O–H groups in total. The molecule has 0 radical (unpaired) electrons. The predicted octanol–water partition coefficient (Wildman–Crippen LogP) is 4.68. The first kappa shape index (κ1) is 26.0. The van der Waals surface area contributed by atoms with Gasteiger partial charge in [0, 0.05) is 18.8 Å². The van der Waals surface area contributed by atoms with Gasteiger partial charge in [-0.25, -0.2) is 0 Å². The SMILES string of the molecule is CC(C)OC(=O)CCCC=CC[C@@H]1[C@H](C=CC(F)(F)COc2ccccc2)[C@H](O)C[C@@H]1O. The molecule has 1 aromatic carbocycles. The summed E-state index contributed by atoms with van der Waals surface area (Å²) in [7, 11) is 0. The summed E-state index contributed by atoms with van der Waals surface area (Å²) >= 11 is 0. The number of benzene rings is 1. The standard InChI is InChI=1S/C25H34F2O5/c1-18(2)32-24(30)13-9-4-3-8-12-20-21(23(29)16-22(20)28)14-15-25(26,27)17-31-19-10-6-5-7-11-19/h3,5-8,10-11,14-15,18,20-23,28-29H,4,9,12-13,16-17H2,1-2H3/t20-,21+,22+,23-/m1/s1. The van der Waals surface area contributed by atoms with Crippen LogP contribution in [-0.2, 0) is 9.53 Å². The Bertz CT molecular complexity index is 748.